The lowest BCUT2D eigenvalue weighted by molar-refractivity contribution is 0.436. The van der Waals surface area contributed by atoms with E-state index in [1.54, 1.807) is 0 Å². The van der Waals surface area contributed by atoms with Gasteiger partial charge in [0.1, 0.15) is 11.5 Å². The first-order chi connectivity index (χ1) is 16.4. The maximum Gasteiger partial charge on any atom is 0.132 e. The largest absolute Gasteiger partial charge is 0.457 e. The van der Waals surface area contributed by atoms with Crippen molar-refractivity contribution in [2.45, 2.75) is 18.3 Å². The van der Waals surface area contributed by atoms with E-state index in [1.807, 2.05) is 0 Å². The summed E-state index contributed by atoms with van der Waals surface area (Å²) in [5, 5.41) is 3.77. The Kier molecular flexibility index (Phi) is 3.92. The fourth-order valence-corrected chi connectivity index (χ4v) is 5.89. The molecular weight excluding hydrogens is 402 g/mol. The number of hydrogen-bond donors (Lipinski definition) is 1. The molecule has 0 bridgehead atoms. The van der Waals surface area contributed by atoms with E-state index in [0.29, 0.717) is 0 Å². The van der Waals surface area contributed by atoms with Gasteiger partial charge in [0.25, 0.3) is 0 Å². The van der Waals surface area contributed by atoms with E-state index >= 15 is 0 Å². The van der Waals surface area contributed by atoms with Crippen LogP contribution in [0.5, 0.6) is 11.5 Å². The van der Waals surface area contributed by atoms with Crippen LogP contribution >= 0.6 is 0 Å². The molecule has 0 aromatic heterocycles. The molecule has 0 saturated heterocycles. The Balaban J connectivity index is 1.58. The van der Waals surface area contributed by atoms with Gasteiger partial charge < -0.3 is 10.1 Å². The van der Waals surface area contributed by atoms with Gasteiger partial charge in [-0.1, -0.05) is 84.9 Å². The average molecular weight is 426 g/mol. The first kappa shape index (κ1) is 18.5. The molecule has 1 N–H and O–H groups in total. The molecule has 1 spiro atoms. The lowest BCUT2D eigenvalue weighted by atomic mass is 9.66. The number of hydrogen-bond acceptors (Lipinski definition) is 2. The van der Waals surface area contributed by atoms with Gasteiger partial charge in [-0.3, -0.25) is 0 Å². The maximum absolute atomic E-state index is 6.41. The van der Waals surface area contributed by atoms with E-state index in [9.17, 15) is 0 Å². The zero-order valence-corrected chi connectivity index (χ0v) is 18.2. The Bertz CT molecular complexity index is 1430. The average Bonchev–Trinajstić information content (AvgIpc) is 3.17. The second-order valence-electron chi connectivity index (χ2n) is 8.90. The third kappa shape index (κ3) is 2.49. The summed E-state index contributed by atoms with van der Waals surface area (Å²) in [4.78, 5) is 0. The number of para-hydroxylation sites is 2. The Morgan fingerprint density at radius 3 is 2.06 bits per heavy atom. The smallest absolute Gasteiger partial charge is 0.132 e. The minimum absolute atomic E-state index is 0.407. The summed E-state index contributed by atoms with van der Waals surface area (Å²) in [6.45, 7) is 0. The number of allylic oxidation sites excluding steroid dienone is 4. The lowest BCUT2D eigenvalue weighted by Gasteiger charge is -2.39. The molecule has 3 aliphatic rings. The second kappa shape index (κ2) is 6.98. The van der Waals surface area contributed by atoms with Crippen LogP contribution in [0.15, 0.2) is 115 Å². The highest BCUT2D eigenvalue weighted by Gasteiger charge is 2.51. The Hall–Kier alpha value is -4.04. The zero-order valence-electron chi connectivity index (χ0n) is 18.2. The van der Waals surface area contributed by atoms with Crippen molar-refractivity contribution in [1.82, 2.24) is 0 Å². The predicted molar refractivity (Wildman–Crippen MR) is 134 cm³/mol. The van der Waals surface area contributed by atoms with Crippen molar-refractivity contribution in [3.05, 3.63) is 137 Å². The first-order valence-electron chi connectivity index (χ1n) is 11.6. The number of ether oxygens (including phenoxy) is 1. The topological polar surface area (TPSA) is 21.3 Å². The second-order valence-corrected chi connectivity index (χ2v) is 8.90. The molecular formula is C31H23NO. The zero-order chi connectivity index (χ0) is 21.8. The minimum Gasteiger partial charge on any atom is -0.457 e. The highest BCUT2D eigenvalue weighted by molar-refractivity contribution is 5.94. The standard InChI is InChI=1S/C31H23NO/c1-2-11-21(12-3-1)32-27-18-10-17-26-30(27)22-13-4-5-14-23(22)31(26)24-15-6-8-19-28(24)33-29-20-9-7-16-25(29)31/h1-2,4-11,13-20,32H,3,12H2. The van der Waals surface area contributed by atoms with Gasteiger partial charge in [-0.15, -0.1) is 0 Å². The van der Waals surface area contributed by atoms with Crippen molar-refractivity contribution in [2.24, 2.45) is 0 Å². The molecule has 0 fully saturated rings. The predicted octanol–water partition coefficient (Wildman–Crippen LogP) is 7.80. The summed E-state index contributed by atoms with van der Waals surface area (Å²) in [6.07, 6.45) is 8.67. The Labute approximate surface area is 193 Å². The summed E-state index contributed by atoms with van der Waals surface area (Å²) < 4.78 is 6.41. The highest BCUT2D eigenvalue weighted by atomic mass is 16.5. The van der Waals surface area contributed by atoms with Crippen LogP contribution in [-0.4, -0.2) is 0 Å². The molecule has 0 radical (unpaired) electrons. The van der Waals surface area contributed by atoms with Crippen LogP contribution in [0.1, 0.15) is 35.1 Å². The summed E-state index contributed by atoms with van der Waals surface area (Å²) in [6, 6.07) is 32.6. The van der Waals surface area contributed by atoms with Crippen molar-refractivity contribution in [2.75, 3.05) is 5.32 Å². The van der Waals surface area contributed by atoms with Gasteiger partial charge in [0.05, 0.1) is 5.41 Å². The molecule has 1 aliphatic heterocycles. The van der Waals surface area contributed by atoms with Crippen molar-refractivity contribution >= 4 is 5.69 Å². The van der Waals surface area contributed by atoms with Gasteiger partial charge in [0.2, 0.25) is 0 Å². The van der Waals surface area contributed by atoms with Gasteiger partial charge in [0, 0.05) is 28.1 Å². The summed E-state index contributed by atoms with van der Waals surface area (Å²) >= 11 is 0. The van der Waals surface area contributed by atoms with Crippen LogP contribution in [0, 0.1) is 0 Å². The molecule has 2 nitrogen and oxygen atoms in total. The summed E-state index contributed by atoms with van der Waals surface area (Å²) in [5.41, 5.74) is 9.62. The van der Waals surface area contributed by atoms with Gasteiger partial charge in [-0.25, -0.2) is 0 Å². The minimum atomic E-state index is -0.407. The van der Waals surface area contributed by atoms with E-state index in [0.717, 1.165) is 24.3 Å². The van der Waals surface area contributed by atoms with Crippen molar-refractivity contribution in [1.29, 1.82) is 0 Å². The number of nitrogens with one attached hydrogen (secondary N) is 1. The quantitative estimate of drug-likeness (QED) is 0.305. The molecule has 0 saturated carbocycles. The molecule has 0 amide bonds. The first-order valence-corrected chi connectivity index (χ1v) is 11.6. The molecule has 158 valence electrons. The SMILES string of the molecule is C1=CCCC(Nc2cccc3c2-c2ccccc2C32c3ccccc3Oc3ccccc32)=C1. The van der Waals surface area contributed by atoms with Crippen LogP contribution < -0.4 is 10.1 Å². The van der Waals surface area contributed by atoms with Crippen molar-refractivity contribution in [3.8, 4) is 22.6 Å². The molecule has 33 heavy (non-hydrogen) atoms. The molecule has 2 aliphatic carbocycles. The third-order valence-corrected chi connectivity index (χ3v) is 7.18. The summed E-state index contributed by atoms with van der Waals surface area (Å²) in [5.74, 6) is 1.86. The molecule has 1 heterocycles. The normalized spacial score (nSPS) is 16.2. The number of benzene rings is 4. The summed E-state index contributed by atoms with van der Waals surface area (Å²) in [7, 11) is 0. The number of anilines is 1. The monoisotopic (exact) mass is 425 g/mol. The Morgan fingerprint density at radius 2 is 1.33 bits per heavy atom. The van der Waals surface area contributed by atoms with Crippen LogP contribution in [0.3, 0.4) is 0 Å². The van der Waals surface area contributed by atoms with Crippen LogP contribution in [0.4, 0.5) is 5.69 Å². The molecule has 4 aromatic rings. The van der Waals surface area contributed by atoms with Crippen molar-refractivity contribution in [3.63, 3.8) is 0 Å². The van der Waals surface area contributed by atoms with E-state index in [1.165, 1.54) is 44.8 Å². The third-order valence-electron chi connectivity index (χ3n) is 7.18. The molecule has 0 atom stereocenters. The molecule has 2 heteroatoms. The van der Waals surface area contributed by atoms with Gasteiger partial charge in [0.15, 0.2) is 0 Å². The van der Waals surface area contributed by atoms with E-state index < -0.39 is 5.41 Å². The van der Waals surface area contributed by atoms with Gasteiger partial charge >= 0.3 is 0 Å². The van der Waals surface area contributed by atoms with Crippen LogP contribution in [-0.2, 0) is 5.41 Å². The van der Waals surface area contributed by atoms with Gasteiger partial charge in [-0.2, -0.15) is 0 Å². The van der Waals surface area contributed by atoms with Crippen LogP contribution in [0.25, 0.3) is 11.1 Å². The van der Waals surface area contributed by atoms with Crippen molar-refractivity contribution < 1.29 is 4.74 Å². The highest BCUT2D eigenvalue weighted by Crippen LogP contribution is 2.63. The van der Waals surface area contributed by atoms with Crippen LogP contribution in [0.2, 0.25) is 0 Å². The number of rotatable bonds is 2. The Morgan fingerprint density at radius 1 is 0.667 bits per heavy atom. The lowest BCUT2D eigenvalue weighted by Crippen LogP contribution is -2.32. The molecule has 4 aromatic carbocycles. The maximum atomic E-state index is 6.41. The fraction of sp³-hybridized carbons (Fsp3) is 0.0968. The molecule has 7 rings (SSSR count). The van der Waals surface area contributed by atoms with Gasteiger partial charge in [-0.05, 0) is 53.8 Å². The fourth-order valence-electron chi connectivity index (χ4n) is 5.89. The molecule has 0 unspecified atom stereocenters. The number of fused-ring (bicyclic) bond motifs is 9. The van der Waals surface area contributed by atoms with E-state index in [-0.39, 0.29) is 0 Å². The van der Waals surface area contributed by atoms with E-state index in [2.05, 4.69) is 115 Å². The van der Waals surface area contributed by atoms with E-state index in [4.69, 9.17) is 4.74 Å².